The molecule has 2 N–H and O–H groups in total. The summed E-state index contributed by atoms with van der Waals surface area (Å²) in [4.78, 5) is 15.8. The number of hydrogen-bond acceptors (Lipinski definition) is 4. The number of anilines is 1. The van der Waals surface area contributed by atoms with Gasteiger partial charge in [-0.1, -0.05) is 11.3 Å². The van der Waals surface area contributed by atoms with Crippen molar-refractivity contribution >= 4 is 45.0 Å². The molecule has 0 bridgehead atoms. The molecule has 22 heavy (non-hydrogen) atoms. The molecular weight excluding hydrogens is 346 g/mol. The normalized spacial score (nSPS) is 19.9. The monoisotopic (exact) mass is 355 g/mol. The molecule has 4 nitrogen and oxygen atoms in total. The fourth-order valence-electron chi connectivity index (χ4n) is 2.07. The van der Waals surface area contributed by atoms with Crippen LogP contribution in [0, 0.1) is 11.6 Å². The van der Waals surface area contributed by atoms with Crippen LogP contribution in [0.1, 0.15) is 6.42 Å². The number of amides is 1. The molecule has 1 saturated heterocycles. The third-order valence-corrected chi connectivity index (χ3v) is 4.02. The third kappa shape index (κ3) is 3.31. The topological polar surface area (TPSA) is 54.0 Å². The van der Waals surface area contributed by atoms with Crippen molar-refractivity contribution in [1.82, 2.24) is 10.3 Å². The number of nitrogens with one attached hydrogen (secondary N) is 2. The molecule has 120 valence electrons. The molecule has 1 unspecified atom stereocenters. The average Bonchev–Trinajstić information content (AvgIpc) is 2.93. The quantitative estimate of drug-likeness (QED) is 0.814. The van der Waals surface area contributed by atoms with Crippen LogP contribution in [0.2, 0.25) is 0 Å². The van der Waals surface area contributed by atoms with E-state index in [4.69, 9.17) is 0 Å². The Bertz CT molecular complexity index is 685. The highest BCUT2D eigenvalue weighted by Crippen LogP contribution is 2.29. The molecule has 1 aliphatic heterocycles. The lowest BCUT2D eigenvalue weighted by molar-refractivity contribution is -0.118. The standard InChI is InChI=1S/C12H9F4N3OS.ClH/c13-5-1-7-9(2-6(5)14)21-11(18-7)19-10(20)8-3-12(15,16)4-17-8;/h1-2,8,17H,3-4H2,(H,18,19,20);1H. The van der Waals surface area contributed by atoms with Gasteiger partial charge in [0.2, 0.25) is 5.91 Å². The second-order valence-electron chi connectivity index (χ2n) is 4.74. The van der Waals surface area contributed by atoms with Gasteiger partial charge in [0.1, 0.15) is 0 Å². The summed E-state index contributed by atoms with van der Waals surface area (Å²) in [6.45, 7) is -0.554. The maximum absolute atomic E-state index is 13.1. The Balaban J connectivity index is 0.00000176. The van der Waals surface area contributed by atoms with Crippen LogP contribution in [-0.2, 0) is 4.79 Å². The number of halogens is 5. The van der Waals surface area contributed by atoms with E-state index in [-0.39, 0.29) is 23.1 Å². The molecule has 0 saturated carbocycles. The fraction of sp³-hybridized carbons (Fsp3) is 0.333. The maximum Gasteiger partial charge on any atom is 0.262 e. The minimum atomic E-state index is -2.91. The number of carbonyl (C=O) groups excluding carboxylic acids is 1. The SMILES string of the molecule is Cl.O=C(Nc1nc2cc(F)c(F)cc2s1)C1CC(F)(F)CN1. The second kappa shape index (κ2) is 5.98. The summed E-state index contributed by atoms with van der Waals surface area (Å²) in [5.74, 6) is -5.61. The van der Waals surface area contributed by atoms with Crippen molar-refractivity contribution in [3.8, 4) is 0 Å². The molecule has 0 spiro atoms. The summed E-state index contributed by atoms with van der Waals surface area (Å²) in [5.41, 5.74) is 0.193. The van der Waals surface area contributed by atoms with E-state index in [1.807, 2.05) is 0 Å². The smallest absolute Gasteiger partial charge is 0.262 e. The predicted molar refractivity (Wildman–Crippen MR) is 76.8 cm³/mol. The van der Waals surface area contributed by atoms with E-state index >= 15 is 0 Å². The van der Waals surface area contributed by atoms with Crippen LogP contribution in [0.5, 0.6) is 0 Å². The van der Waals surface area contributed by atoms with Gasteiger partial charge in [-0.05, 0) is 6.07 Å². The van der Waals surface area contributed by atoms with E-state index in [1.54, 1.807) is 0 Å². The third-order valence-electron chi connectivity index (χ3n) is 3.09. The minimum Gasteiger partial charge on any atom is -0.301 e. The van der Waals surface area contributed by atoms with Crippen molar-refractivity contribution in [2.45, 2.75) is 18.4 Å². The first-order valence-corrected chi connectivity index (χ1v) is 6.83. The van der Waals surface area contributed by atoms with E-state index in [0.717, 1.165) is 23.5 Å². The van der Waals surface area contributed by atoms with Crippen LogP contribution < -0.4 is 10.6 Å². The van der Waals surface area contributed by atoms with E-state index < -0.39 is 42.5 Å². The van der Waals surface area contributed by atoms with Crippen molar-refractivity contribution < 1.29 is 22.4 Å². The number of hydrogen-bond donors (Lipinski definition) is 2. The van der Waals surface area contributed by atoms with Crippen LogP contribution in [-0.4, -0.2) is 29.4 Å². The van der Waals surface area contributed by atoms with E-state index in [1.165, 1.54) is 0 Å². The second-order valence-corrected chi connectivity index (χ2v) is 5.77. The molecule has 0 aliphatic carbocycles. The Morgan fingerprint density at radius 2 is 2.05 bits per heavy atom. The zero-order valence-corrected chi connectivity index (χ0v) is 12.5. The molecule has 1 aliphatic rings. The minimum absolute atomic E-state index is 0. The van der Waals surface area contributed by atoms with Crippen LogP contribution in [0.25, 0.3) is 10.2 Å². The summed E-state index contributed by atoms with van der Waals surface area (Å²) in [6.07, 6.45) is -0.590. The molecule has 2 heterocycles. The lowest BCUT2D eigenvalue weighted by Crippen LogP contribution is -2.35. The first-order valence-electron chi connectivity index (χ1n) is 6.02. The summed E-state index contributed by atoms with van der Waals surface area (Å²) < 4.78 is 52.5. The van der Waals surface area contributed by atoms with Gasteiger partial charge in [-0.15, -0.1) is 12.4 Å². The van der Waals surface area contributed by atoms with E-state index in [0.29, 0.717) is 4.70 Å². The molecule has 1 aromatic carbocycles. The molecule has 1 amide bonds. The predicted octanol–water partition coefficient (Wildman–Crippen LogP) is 2.93. The van der Waals surface area contributed by atoms with Gasteiger partial charge in [0.05, 0.1) is 22.8 Å². The number of fused-ring (bicyclic) bond motifs is 1. The number of benzene rings is 1. The Kier molecular flexibility index (Phi) is 4.59. The van der Waals surface area contributed by atoms with Crippen molar-refractivity contribution in [3.05, 3.63) is 23.8 Å². The highest BCUT2D eigenvalue weighted by atomic mass is 35.5. The summed E-state index contributed by atoms with van der Waals surface area (Å²) in [7, 11) is 0. The summed E-state index contributed by atoms with van der Waals surface area (Å²) >= 11 is 0.942. The van der Waals surface area contributed by atoms with Gasteiger partial charge in [0.15, 0.2) is 16.8 Å². The van der Waals surface area contributed by atoms with Gasteiger partial charge >= 0.3 is 0 Å². The number of nitrogens with zero attached hydrogens (tertiary/aromatic N) is 1. The first kappa shape index (κ1) is 16.9. The molecule has 1 fully saturated rings. The van der Waals surface area contributed by atoms with Gasteiger partial charge in [-0.3, -0.25) is 10.1 Å². The molecular formula is C12H10ClF4N3OS. The van der Waals surface area contributed by atoms with Crippen molar-refractivity contribution in [3.63, 3.8) is 0 Å². The van der Waals surface area contributed by atoms with Crippen LogP contribution in [0.15, 0.2) is 12.1 Å². The lowest BCUT2D eigenvalue weighted by atomic mass is 10.2. The molecule has 1 aromatic heterocycles. The number of rotatable bonds is 2. The number of carbonyl (C=O) groups is 1. The number of alkyl halides is 2. The Labute approximate surface area is 132 Å². The Hall–Kier alpha value is -1.45. The van der Waals surface area contributed by atoms with Gasteiger partial charge in [-0.25, -0.2) is 22.5 Å². The van der Waals surface area contributed by atoms with Gasteiger partial charge in [0.25, 0.3) is 5.92 Å². The highest BCUT2D eigenvalue weighted by molar-refractivity contribution is 7.22. The number of aromatic nitrogens is 1. The van der Waals surface area contributed by atoms with Crippen LogP contribution in [0.3, 0.4) is 0 Å². The Morgan fingerprint density at radius 3 is 2.68 bits per heavy atom. The van der Waals surface area contributed by atoms with Gasteiger partial charge in [0, 0.05) is 12.5 Å². The van der Waals surface area contributed by atoms with Gasteiger partial charge in [-0.2, -0.15) is 0 Å². The molecule has 3 rings (SSSR count). The zero-order chi connectivity index (χ0) is 15.2. The zero-order valence-electron chi connectivity index (χ0n) is 10.8. The van der Waals surface area contributed by atoms with Crippen molar-refractivity contribution in [2.24, 2.45) is 0 Å². The largest absolute Gasteiger partial charge is 0.301 e. The van der Waals surface area contributed by atoms with Gasteiger partial charge < -0.3 is 5.32 Å². The van der Waals surface area contributed by atoms with E-state index in [9.17, 15) is 22.4 Å². The molecule has 1 atom stereocenters. The molecule has 10 heteroatoms. The maximum atomic E-state index is 13.1. The lowest BCUT2D eigenvalue weighted by Gasteiger charge is -2.08. The first-order chi connectivity index (χ1) is 9.84. The summed E-state index contributed by atoms with van der Waals surface area (Å²) in [6, 6.07) is 0.874. The van der Waals surface area contributed by atoms with E-state index in [2.05, 4.69) is 15.6 Å². The summed E-state index contributed by atoms with van der Waals surface area (Å²) in [5, 5.41) is 4.90. The Morgan fingerprint density at radius 1 is 1.36 bits per heavy atom. The molecule has 2 aromatic rings. The number of thiazole rings is 1. The fourth-order valence-corrected chi connectivity index (χ4v) is 2.95. The highest BCUT2D eigenvalue weighted by Gasteiger charge is 2.42. The van der Waals surface area contributed by atoms with Crippen LogP contribution >= 0.6 is 23.7 Å². The van der Waals surface area contributed by atoms with Crippen LogP contribution in [0.4, 0.5) is 22.7 Å². The van der Waals surface area contributed by atoms with Crippen molar-refractivity contribution in [2.75, 3.05) is 11.9 Å². The molecule has 0 radical (unpaired) electrons. The van der Waals surface area contributed by atoms with Crippen molar-refractivity contribution in [1.29, 1.82) is 0 Å². The average molecular weight is 356 g/mol.